The molecule has 0 aliphatic carbocycles. The first-order valence-electron chi connectivity index (χ1n) is 4.41. The van der Waals surface area contributed by atoms with E-state index in [-0.39, 0.29) is 21.3 Å². The number of carboxylic acid groups (broad SMARTS) is 1. The lowest BCUT2D eigenvalue weighted by molar-refractivity contribution is 0.0154. The van der Waals surface area contributed by atoms with Crippen LogP contribution in [0.2, 0.25) is 0 Å². The van der Waals surface area contributed by atoms with Gasteiger partial charge in [0.15, 0.2) is 0 Å². The van der Waals surface area contributed by atoms with Crippen LogP contribution in [0.25, 0.3) is 10.1 Å². The summed E-state index contributed by atoms with van der Waals surface area (Å²) in [5, 5.41) is 9.09. The maximum atomic E-state index is 13.1. The van der Waals surface area contributed by atoms with Crippen molar-refractivity contribution in [2.75, 3.05) is 0 Å². The van der Waals surface area contributed by atoms with Gasteiger partial charge in [0.25, 0.3) is 5.92 Å². The number of hydrogen-bond donors (Lipinski definition) is 1. The van der Waals surface area contributed by atoms with Crippen LogP contribution in [0.4, 0.5) is 8.78 Å². The van der Waals surface area contributed by atoms with Crippen LogP contribution in [-0.2, 0) is 5.92 Å². The van der Waals surface area contributed by atoms with Crippen LogP contribution in [0, 0.1) is 0 Å². The Morgan fingerprint density at radius 1 is 1.50 bits per heavy atom. The van der Waals surface area contributed by atoms with Crippen LogP contribution < -0.4 is 0 Å². The molecule has 0 atom stereocenters. The van der Waals surface area contributed by atoms with Gasteiger partial charge in [-0.2, -0.15) is 13.2 Å². The average Bonchev–Trinajstić information content (AvgIpc) is 2.59. The summed E-state index contributed by atoms with van der Waals surface area (Å²) in [7, 11) is 0. The van der Waals surface area contributed by atoms with Gasteiger partial charge in [0, 0.05) is 12.3 Å². The van der Waals surface area contributed by atoms with E-state index in [0.717, 1.165) is 18.5 Å². The van der Waals surface area contributed by atoms with Crippen molar-refractivity contribution >= 4 is 27.6 Å². The second-order valence-corrected chi connectivity index (χ2v) is 4.18. The molecule has 3 nitrogen and oxygen atoms in total. The van der Waals surface area contributed by atoms with Crippen molar-refractivity contribution < 1.29 is 18.7 Å². The molecule has 0 aliphatic rings. The Kier molecular flexibility index (Phi) is 2.38. The summed E-state index contributed by atoms with van der Waals surface area (Å²) in [6.07, 6.45) is 0. The van der Waals surface area contributed by atoms with Crippen molar-refractivity contribution in [3.63, 3.8) is 0 Å². The standard InChI is InChI=1S/C10H7F2NO2S/c1-10(11,12)8-5-3-2-4-6(9(14)15)7(5)16-13-8/h2-4H,1H3,(H,14,15). The van der Waals surface area contributed by atoms with E-state index in [0.29, 0.717) is 0 Å². The summed E-state index contributed by atoms with van der Waals surface area (Å²) in [6, 6.07) is 4.27. The Hall–Kier alpha value is -1.56. The van der Waals surface area contributed by atoms with Gasteiger partial charge in [-0.3, -0.25) is 0 Å². The summed E-state index contributed by atoms with van der Waals surface area (Å²) < 4.78 is 30.2. The number of alkyl halides is 2. The normalized spacial score (nSPS) is 11.9. The molecule has 1 aromatic carbocycles. The molecule has 0 radical (unpaired) electrons. The second-order valence-electron chi connectivity index (χ2n) is 3.41. The molecule has 0 spiro atoms. The van der Waals surface area contributed by atoms with Gasteiger partial charge < -0.3 is 5.11 Å². The smallest absolute Gasteiger partial charge is 0.337 e. The minimum Gasteiger partial charge on any atom is -0.478 e. The lowest BCUT2D eigenvalue weighted by Crippen LogP contribution is -2.07. The molecular weight excluding hydrogens is 236 g/mol. The van der Waals surface area contributed by atoms with Crippen molar-refractivity contribution in [2.45, 2.75) is 12.8 Å². The first kappa shape index (κ1) is 10.9. The molecule has 16 heavy (non-hydrogen) atoms. The molecule has 84 valence electrons. The molecule has 1 aromatic heterocycles. The van der Waals surface area contributed by atoms with E-state index in [9.17, 15) is 13.6 Å². The van der Waals surface area contributed by atoms with E-state index < -0.39 is 11.9 Å². The highest BCUT2D eigenvalue weighted by Gasteiger charge is 2.30. The molecule has 6 heteroatoms. The Balaban J connectivity index is 2.76. The zero-order chi connectivity index (χ0) is 11.9. The lowest BCUT2D eigenvalue weighted by atomic mass is 10.1. The number of hydrogen-bond acceptors (Lipinski definition) is 3. The zero-order valence-electron chi connectivity index (χ0n) is 8.20. The number of aromatic carboxylic acids is 1. The summed E-state index contributed by atoms with van der Waals surface area (Å²) in [5.74, 6) is -4.20. The van der Waals surface area contributed by atoms with Crippen molar-refractivity contribution in [1.29, 1.82) is 0 Å². The third-order valence-electron chi connectivity index (χ3n) is 2.14. The van der Waals surface area contributed by atoms with E-state index in [2.05, 4.69) is 4.37 Å². The first-order chi connectivity index (χ1) is 7.41. The number of nitrogens with zero attached hydrogens (tertiary/aromatic N) is 1. The highest BCUT2D eigenvalue weighted by atomic mass is 32.1. The minimum atomic E-state index is -3.06. The Morgan fingerprint density at radius 3 is 2.75 bits per heavy atom. The Bertz CT molecular complexity index is 559. The fourth-order valence-corrected chi connectivity index (χ4v) is 2.41. The predicted molar refractivity (Wildman–Crippen MR) is 56.1 cm³/mol. The minimum absolute atomic E-state index is 0.00509. The topological polar surface area (TPSA) is 50.2 Å². The molecular formula is C10H7F2NO2S. The van der Waals surface area contributed by atoms with E-state index in [4.69, 9.17) is 5.11 Å². The molecule has 0 saturated heterocycles. The highest BCUT2D eigenvalue weighted by Crippen LogP contribution is 2.35. The third-order valence-corrected chi connectivity index (χ3v) is 3.04. The van der Waals surface area contributed by atoms with Crippen molar-refractivity contribution in [2.24, 2.45) is 0 Å². The van der Waals surface area contributed by atoms with E-state index in [1.165, 1.54) is 18.2 Å². The van der Waals surface area contributed by atoms with Gasteiger partial charge in [-0.1, -0.05) is 12.1 Å². The number of benzene rings is 1. The fraction of sp³-hybridized carbons (Fsp3) is 0.200. The molecule has 0 bridgehead atoms. The summed E-state index contributed by atoms with van der Waals surface area (Å²) in [5.41, 5.74) is -0.360. The van der Waals surface area contributed by atoms with Gasteiger partial charge in [0.05, 0.1) is 10.3 Å². The number of carbonyl (C=O) groups is 1. The number of carboxylic acids is 1. The Morgan fingerprint density at radius 2 is 2.19 bits per heavy atom. The van der Waals surface area contributed by atoms with Crippen LogP contribution in [-0.4, -0.2) is 15.4 Å². The van der Waals surface area contributed by atoms with Gasteiger partial charge in [-0.05, 0) is 17.6 Å². The van der Waals surface area contributed by atoms with Gasteiger partial charge in [-0.25, -0.2) is 4.79 Å². The Labute approximate surface area is 93.5 Å². The second kappa shape index (κ2) is 3.48. The molecule has 0 fully saturated rings. The average molecular weight is 243 g/mol. The van der Waals surface area contributed by atoms with Gasteiger partial charge in [-0.15, -0.1) is 0 Å². The SMILES string of the molecule is CC(F)(F)c1nsc2c(C(=O)O)cccc12. The molecule has 1 N–H and O–H groups in total. The van der Waals surface area contributed by atoms with Crippen molar-refractivity contribution in [3.05, 3.63) is 29.5 Å². The monoisotopic (exact) mass is 243 g/mol. The maximum absolute atomic E-state index is 13.1. The van der Waals surface area contributed by atoms with Crippen molar-refractivity contribution in [3.8, 4) is 0 Å². The maximum Gasteiger partial charge on any atom is 0.337 e. The van der Waals surface area contributed by atoms with Gasteiger partial charge in [0.2, 0.25) is 0 Å². The van der Waals surface area contributed by atoms with Gasteiger partial charge >= 0.3 is 5.97 Å². The van der Waals surface area contributed by atoms with Crippen LogP contribution in [0.3, 0.4) is 0 Å². The molecule has 0 amide bonds. The molecule has 0 unspecified atom stereocenters. The van der Waals surface area contributed by atoms with Crippen LogP contribution in [0.1, 0.15) is 23.0 Å². The summed E-state index contributed by atoms with van der Waals surface area (Å²) in [4.78, 5) is 10.9. The number of rotatable bonds is 2. The molecule has 1 heterocycles. The third kappa shape index (κ3) is 1.65. The number of fused-ring (bicyclic) bond motifs is 1. The van der Waals surface area contributed by atoms with Crippen LogP contribution in [0.15, 0.2) is 18.2 Å². The van der Waals surface area contributed by atoms with E-state index in [1.54, 1.807) is 0 Å². The largest absolute Gasteiger partial charge is 0.478 e. The van der Waals surface area contributed by atoms with E-state index >= 15 is 0 Å². The molecule has 0 aliphatic heterocycles. The number of aromatic nitrogens is 1. The molecule has 0 saturated carbocycles. The number of halogens is 2. The predicted octanol–water partition coefficient (Wildman–Crippen LogP) is 3.11. The van der Waals surface area contributed by atoms with Gasteiger partial charge in [0.1, 0.15) is 5.69 Å². The highest BCUT2D eigenvalue weighted by molar-refractivity contribution is 7.13. The molecule has 2 rings (SSSR count). The van der Waals surface area contributed by atoms with Crippen molar-refractivity contribution in [1.82, 2.24) is 4.37 Å². The molecule has 2 aromatic rings. The summed E-state index contributed by atoms with van der Waals surface area (Å²) in [6.45, 7) is 0.745. The van der Waals surface area contributed by atoms with Crippen LogP contribution >= 0.6 is 11.5 Å². The lowest BCUT2D eigenvalue weighted by Gasteiger charge is -2.06. The fourth-order valence-electron chi connectivity index (χ4n) is 1.45. The quantitative estimate of drug-likeness (QED) is 0.881. The van der Waals surface area contributed by atoms with Crippen LogP contribution in [0.5, 0.6) is 0 Å². The van der Waals surface area contributed by atoms with E-state index in [1.807, 2.05) is 0 Å². The first-order valence-corrected chi connectivity index (χ1v) is 5.18. The zero-order valence-corrected chi connectivity index (χ0v) is 9.02. The summed E-state index contributed by atoms with van der Waals surface area (Å²) >= 11 is 0.785.